The average Bonchev–Trinajstić information content (AvgIpc) is 2.67. The molecule has 0 radical (unpaired) electrons. The zero-order chi connectivity index (χ0) is 22.8. The summed E-state index contributed by atoms with van der Waals surface area (Å²) in [5.74, 6) is 1.92. The molecule has 2 aromatic carbocycles. The van der Waals surface area contributed by atoms with E-state index in [1.807, 2.05) is 36.4 Å². The average molecular weight is 453 g/mol. The normalized spacial score (nSPS) is 19.4. The second-order valence-electron chi connectivity index (χ2n) is 10.0. The molecule has 0 aliphatic heterocycles. The minimum atomic E-state index is -1.94. The van der Waals surface area contributed by atoms with E-state index in [0.717, 1.165) is 29.1 Å². The lowest BCUT2D eigenvalue weighted by atomic mass is 9.71. The summed E-state index contributed by atoms with van der Waals surface area (Å²) in [5, 5.41) is 0.140. The molecule has 2 nitrogen and oxygen atoms in total. The Morgan fingerprint density at radius 1 is 1.16 bits per heavy atom. The Hall–Kier alpha value is -1.91. The van der Waals surface area contributed by atoms with Gasteiger partial charge >= 0.3 is 0 Å². The monoisotopic (exact) mass is 452 g/mol. The summed E-state index contributed by atoms with van der Waals surface area (Å²) in [7, 11) is -2.95. The predicted octanol–water partition coefficient (Wildman–Crippen LogP) is 7.72. The van der Waals surface area contributed by atoms with Crippen LogP contribution < -0.4 is 4.43 Å². The highest BCUT2D eigenvalue weighted by molar-refractivity contribution is 7.85. The second kappa shape index (κ2) is 9.29. The van der Waals surface area contributed by atoms with Gasteiger partial charge in [-0.15, -0.1) is 0 Å². The lowest BCUT2D eigenvalue weighted by Gasteiger charge is -2.38. The highest BCUT2D eigenvalue weighted by atomic mass is 32.2. The zero-order valence-corrected chi connectivity index (χ0v) is 21.6. The largest absolute Gasteiger partial charge is 0.543 e. The Kier molecular flexibility index (Phi) is 7.12. The number of rotatable bonds is 7. The van der Waals surface area contributed by atoms with E-state index in [9.17, 15) is 4.21 Å². The van der Waals surface area contributed by atoms with E-state index >= 15 is 0 Å². The molecule has 166 valence electrons. The maximum Gasteiger partial charge on any atom is 0.250 e. The van der Waals surface area contributed by atoms with Crippen LogP contribution in [0.2, 0.25) is 18.1 Å². The zero-order valence-electron chi connectivity index (χ0n) is 19.8. The molecular weight excluding hydrogens is 416 g/mol. The van der Waals surface area contributed by atoms with Gasteiger partial charge in [-0.2, -0.15) is 0 Å². The van der Waals surface area contributed by atoms with Gasteiger partial charge in [0.25, 0.3) is 8.32 Å². The molecule has 2 atom stereocenters. The third-order valence-corrected chi connectivity index (χ3v) is 12.7. The first-order valence-electron chi connectivity index (χ1n) is 11.1. The van der Waals surface area contributed by atoms with Gasteiger partial charge in [0, 0.05) is 22.1 Å². The summed E-state index contributed by atoms with van der Waals surface area (Å²) in [6.07, 6.45) is 4.15. The molecule has 1 fully saturated rings. The van der Waals surface area contributed by atoms with Crippen molar-refractivity contribution < 1.29 is 8.63 Å². The highest BCUT2D eigenvalue weighted by Crippen LogP contribution is 2.47. The smallest absolute Gasteiger partial charge is 0.250 e. The first kappa shape index (κ1) is 23.7. The van der Waals surface area contributed by atoms with Gasteiger partial charge in [-0.05, 0) is 61.7 Å². The molecular formula is C27H36O2SSi. The van der Waals surface area contributed by atoms with Crippen LogP contribution in [0.25, 0.3) is 6.08 Å². The van der Waals surface area contributed by atoms with Crippen molar-refractivity contribution in [2.45, 2.75) is 69.5 Å². The Bertz CT molecular complexity index is 1000. The first-order valence-corrected chi connectivity index (χ1v) is 15.3. The van der Waals surface area contributed by atoms with Crippen molar-refractivity contribution in [3.63, 3.8) is 0 Å². The third kappa shape index (κ3) is 5.12. The molecule has 0 spiro atoms. The number of allylic oxidation sites excluding steroid dienone is 1. The molecule has 0 saturated heterocycles. The van der Waals surface area contributed by atoms with Crippen LogP contribution in [-0.4, -0.2) is 18.3 Å². The van der Waals surface area contributed by atoms with E-state index in [1.165, 1.54) is 16.7 Å². The van der Waals surface area contributed by atoms with Crippen molar-refractivity contribution in [1.29, 1.82) is 0 Å². The molecule has 0 aromatic heterocycles. The topological polar surface area (TPSA) is 26.3 Å². The van der Waals surface area contributed by atoms with Crippen LogP contribution >= 0.6 is 0 Å². The third-order valence-electron chi connectivity index (χ3n) is 6.88. The van der Waals surface area contributed by atoms with E-state index < -0.39 is 19.1 Å². The molecule has 3 rings (SSSR count). The lowest BCUT2D eigenvalue weighted by molar-refractivity contribution is 0.487. The molecule has 4 heteroatoms. The summed E-state index contributed by atoms with van der Waals surface area (Å²) in [6, 6.07) is 16.2. The SMILES string of the molecule is C=Cc1c(O[Si](C)(C)C(C)(C)C)cccc1C1CC/C1=C(\C)CS(=O)c1ccccc1. The molecule has 2 unspecified atom stereocenters. The van der Waals surface area contributed by atoms with E-state index in [4.69, 9.17) is 4.43 Å². The van der Waals surface area contributed by atoms with Gasteiger partial charge in [-0.3, -0.25) is 4.21 Å². The minimum Gasteiger partial charge on any atom is -0.543 e. The Balaban J connectivity index is 1.88. The summed E-state index contributed by atoms with van der Waals surface area (Å²) in [5.41, 5.74) is 5.09. The van der Waals surface area contributed by atoms with Gasteiger partial charge in [-0.25, -0.2) is 0 Å². The van der Waals surface area contributed by atoms with Crippen LogP contribution in [0.1, 0.15) is 57.6 Å². The molecule has 2 aromatic rings. The standard InChI is InChI=1S/C27H36O2SSi/c1-8-22-24(15-12-16-26(22)29-31(6,7)27(3,4)5)25-18-17-23(25)20(2)19-30(28)21-13-10-9-11-14-21/h8-16,25H,1,17-19H2,2-7H3/b23-20-. The highest BCUT2D eigenvalue weighted by Gasteiger charge is 2.39. The van der Waals surface area contributed by atoms with Gasteiger partial charge in [0.2, 0.25) is 0 Å². The quantitative estimate of drug-likeness (QED) is 0.317. The predicted molar refractivity (Wildman–Crippen MR) is 137 cm³/mol. The Morgan fingerprint density at radius 2 is 1.84 bits per heavy atom. The molecule has 0 N–H and O–H groups in total. The van der Waals surface area contributed by atoms with Crippen LogP contribution in [0.4, 0.5) is 0 Å². The van der Waals surface area contributed by atoms with Crippen molar-refractivity contribution >= 4 is 25.2 Å². The van der Waals surface area contributed by atoms with E-state index in [-0.39, 0.29) is 5.04 Å². The van der Waals surface area contributed by atoms with Crippen molar-refractivity contribution in [3.05, 3.63) is 77.4 Å². The second-order valence-corrected chi connectivity index (χ2v) is 16.2. The van der Waals surface area contributed by atoms with Gasteiger partial charge in [-0.1, -0.05) is 74.9 Å². The Morgan fingerprint density at radius 3 is 2.39 bits per heavy atom. The van der Waals surface area contributed by atoms with E-state index in [0.29, 0.717) is 11.7 Å². The summed E-state index contributed by atoms with van der Waals surface area (Å²) >= 11 is 0. The van der Waals surface area contributed by atoms with Crippen LogP contribution in [-0.2, 0) is 10.8 Å². The van der Waals surface area contributed by atoms with Gasteiger partial charge in [0.15, 0.2) is 0 Å². The number of hydrogen-bond acceptors (Lipinski definition) is 2. The van der Waals surface area contributed by atoms with Crippen LogP contribution in [0.15, 0.2) is 71.2 Å². The molecule has 0 bridgehead atoms. The van der Waals surface area contributed by atoms with E-state index in [2.05, 4.69) is 65.6 Å². The summed E-state index contributed by atoms with van der Waals surface area (Å²) in [4.78, 5) is 0.898. The van der Waals surface area contributed by atoms with Crippen LogP contribution in [0.3, 0.4) is 0 Å². The lowest BCUT2D eigenvalue weighted by Crippen LogP contribution is -2.44. The van der Waals surface area contributed by atoms with Crippen LogP contribution in [0.5, 0.6) is 5.75 Å². The maximum atomic E-state index is 12.8. The molecule has 1 aliphatic carbocycles. The van der Waals surface area contributed by atoms with Gasteiger partial charge < -0.3 is 4.43 Å². The molecule has 1 aliphatic rings. The number of benzene rings is 2. The van der Waals surface area contributed by atoms with Crippen molar-refractivity contribution in [2.24, 2.45) is 0 Å². The fourth-order valence-electron chi connectivity index (χ4n) is 3.83. The maximum absolute atomic E-state index is 12.8. The fraction of sp³-hybridized carbons (Fsp3) is 0.407. The van der Waals surface area contributed by atoms with Crippen molar-refractivity contribution in [3.8, 4) is 5.75 Å². The van der Waals surface area contributed by atoms with Gasteiger partial charge in [0.1, 0.15) is 5.75 Å². The van der Waals surface area contributed by atoms with Crippen molar-refractivity contribution in [1.82, 2.24) is 0 Å². The Labute approximate surface area is 192 Å². The van der Waals surface area contributed by atoms with E-state index in [1.54, 1.807) is 0 Å². The fourth-order valence-corrected chi connectivity index (χ4v) is 6.07. The summed E-state index contributed by atoms with van der Waals surface area (Å²) < 4.78 is 19.5. The van der Waals surface area contributed by atoms with Crippen LogP contribution in [0, 0.1) is 0 Å². The molecule has 31 heavy (non-hydrogen) atoms. The molecule has 0 amide bonds. The van der Waals surface area contributed by atoms with Gasteiger partial charge in [0.05, 0.1) is 10.8 Å². The first-order chi connectivity index (χ1) is 14.5. The number of hydrogen-bond donors (Lipinski definition) is 0. The molecule has 0 heterocycles. The minimum absolute atomic E-state index is 0.140. The summed E-state index contributed by atoms with van der Waals surface area (Å²) in [6.45, 7) is 17.6. The van der Waals surface area contributed by atoms with Crippen molar-refractivity contribution in [2.75, 3.05) is 5.75 Å². The molecule has 1 saturated carbocycles.